The second-order valence-electron chi connectivity index (χ2n) is 7.89. The van der Waals surface area contributed by atoms with Crippen molar-refractivity contribution in [3.8, 4) is 22.9 Å². The fourth-order valence-electron chi connectivity index (χ4n) is 4.07. The minimum atomic E-state index is 0.321. The van der Waals surface area contributed by atoms with Crippen LogP contribution in [-0.4, -0.2) is 47.3 Å². The van der Waals surface area contributed by atoms with Crippen molar-refractivity contribution < 1.29 is 9.47 Å². The number of fused-ring (bicyclic) bond motifs is 1. The second kappa shape index (κ2) is 8.87. The Labute approximate surface area is 173 Å². The quantitative estimate of drug-likeness (QED) is 0.573. The number of ether oxygens (including phenoxy) is 2. The molecule has 0 radical (unpaired) electrons. The van der Waals surface area contributed by atoms with E-state index >= 15 is 0 Å². The zero-order chi connectivity index (χ0) is 20.2. The molecule has 0 aliphatic carbocycles. The maximum absolute atomic E-state index is 6.25. The predicted molar refractivity (Wildman–Crippen MR) is 118 cm³/mol. The molecule has 2 heterocycles. The molecule has 1 aromatic heterocycles. The van der Waals surface area contributed by atoms with E-state index in [1.807, 2.05) is 19.2 Å². The first-order valence-corrected chi connectivity index (χ1v) is 10.7. The van der Waals surface area contributed by atoms with Gasteiger partial charge < -0.3 is 18.9 Å². The van der Waals surface area contributed by atoms with Gasteiger partial charge in [0.05, 0.1) is 18.1 Å². The molecule has 0 bridgehead atoms. The lowest BCUT2D eigenvalue weighted by Gasteiger charge is -2.32. The Kier molecular flexibility index (Phi) is 6.05. The maximum atomic E-state index is 6.25. The highest BCUT2D eigenvalue weighted by molar-refractivity contribution is 5.82. The first kappa shape index (κ1) is 19.8. The molecule has 154 valence electrons. The molecule has 5 nitrogen and oxygen atoms in total. The van der Waals surface area contributed by atoms with Crippen LogP contribution < -0.4 is 9.47 Å². The predicted octanol–water partition coefficient (Wildman–Crippen LogP) is 4.89. The number of hydrogen-bond acceptors (Lipinski definition) is 4. The molecule has 0 N–H and O–H groups in total. The van der Waals surface area contributed by atoms with Gasteiger partial charge in [-0.3, -0.25) is 0 Å². The lowest BCUT2D eigenvalue weighted by Crippen LogP contribution is -2.38. The fraction of sp³-hybridized carbons (Fsp3) is 0.458. The summed E-state index contributed by atoms with van der Waals surface area (Å²) in [5, 5.41) is 0. The highest BCUT2D eigenvalue weighted by Crippen LogP contribution is 2.28. The third kappa shape index (κ3) is 4.40. The molecule has 0 unspecified atom stereocenters. The number of methoxy groups -OCH3 is 1. The average molecular weight is 394 g/mol. The van der Waals surface area contributed by atoms with Gasteiger partial charge in [-0.25, -0.2) is 4.98 Å². The van der Waals surface area contributed by atoms with Crippen molar-refractivity contribution in [2.24, 2.45) is 7.05 Å². The van der Waals surface area contributed by atoms with Gasteiger partial charge in [0, 0.05) is 31.8 Å². The van der Waals surface area contributed by atoms with Crippen LogP contribution in [0.4, 0.5) is 0 Å². The van der Waals surface area contributed by atoms with Crippen molar-refractivity contribution in [1.82, 2.24) is 14.5 Å². The zero-order valence-electron chi connectivity index (χ0n) is 17.7. The van der Waals surface area contributed by atoms with Crippen LogP contribution in [0.25, 0.3) is 22.4 Å². The van der Waals surface area contributed by atoms with E-state index in [2.05, 4.69) is 46.7 Å². The third-order valence-electron chi connectivity index (χ3n) is 5.87. The lowest BCUT2D eigenvalue weighted by molar-refractivity contribution is 0.0998. The molecule has 4 rings (SSSR count). The van der Waals surface area contributed by atoms with Gasteiger partial charge in [-0.1, -0.05) is 13.3 Å². The molecule has 1 aliphatic heterocycles. The van der Waals surface area contributed by atoms with Crippen molar-refractivity contribution in [3.63, 3.8) is 0 Å². The van der Waals surface area contributed by atoms with E-state index in [4.69, 9.17) is 14.5 Å². The van der Waals surface area contributed by atoms with Crippen molar-refractivity contribution in [2.45, 2.75) is 38.7 Å². The summed E-state index contributed by atoms with van der Waals surface area (Å²) in [7, 11) is 3.73. The molecular formula is C24H31N3O2. The van der Waals surface area contributed by atoms with Gasteiger partial charge in [-0.2, -0.15) is 0 Å². The molecule has 5 heteroatoms. The van der Waals surface area contributed by atoms with Crippen LogP contribution in [0.5, 0.6) is 11.5 Å². The van der Waals surface area contributed by atoms with E-state index in [1.165, 1.54) is 19.4 Å². The maximum Gasteiger partial charge on any atom is 0.140 e. The molecule has 29 heavy (non-hydrogen) atoms. The minimum Gasteiger partial charge on any atom is -0.497 e. The highest BCUT2D eigenvalue weighted by Gasteiger charge is 2.20. The number of aromatic nitrogens is 2. The van der Waals surface area contributed by atoms with Crippen LogP contribution in [0.3, 0.4) is 0 Å². The Morgan fingerprint density at radius 1 is 1.03 bits per heavy atom. The van der Waals surface area contributed by atoms with Crippen LogP contribution in [0.2, 0.25) is 0 Å². The Morgan fingerprint density at radius 3 is 2.45 bits per heavy atom. The van der Waals surface area contributed by atoms with Gasteiger partial charge in [0.25, 0.3) is 0 Å². The number of benzene rings is 2. The Bertz CT molecular complexity index is 941. The summed E-state index contributed by atoms with van der Waals surface area (Å²) in [4.78, 5) is 7.37. The molecule has 0 saturated carbocycles. The van der Waals surface area contributed by atoms with Gasteiger partial charge >= 0.3 is 0 Å². The first-order chi connectivity index (χ1) is 14.2. The van der Waals surface area contributed by atoms with E-state index in [0.717, 1.165) is 59.9 Å². The number of aryl methyl sites for hydroxylation is 1. The molecule has 2 aromatic carbocycles. The SMILES string of the molecule is CCCCN1CCC(Oc2ccc(-c3nc4cc(OC)ccc4n3C)cc2)CC1. The summed E-state index contributed by atoms with van der Waals surface area (Å²) in [6.45, 7) is 5.77. The third-order valence-corrected chi connectivity index (χ3v) is 5.87. The normalized spacial score (nSPS) is 15.7. The van der Waals surface area contributed by atoms with Crippen LogP contribution >= 0.6 is 0 Å². The Balaban J connectivity index is 1.42. The van der Waals surface area contributed by atoms with E-state index in [0.29, 0.717) is 6.10 Å². The summed E-state index contributed by atoms with van der Waals surface area (Å²) >= 11 is 0. The summed E-state index contributed by atoms with van der Waals surface area (Å²) in [5.41, 5.74) is 3.12. The largest absolute Gasteiger partial charge is 0.497 e. The monoisotopic (exact) mass is 393 g/mol. The van der Waals surface area contributed by atoms with Crippen molar-refractivity contribution in [3.05, 3.63) is 42.5 Å². The molecule has 1 fully saturated rings. The summed E-state index contributed by atoms with van der Waals surface area (Å²) in [6, 6.07) is 14.3. The van der Waals surface area contributed by atoms with E-state index in [-0.39, 0.29) is 0 Å². The first-order valence-electron chi connectivity index (χ1n) is 10.7. The van der Waals surface area contributed by atoms with E-state index in [9.17, 15) is 0 Å². The minimum absolute atomic E-state index is 0.321. The van der Waals surface area contributed by atoms with Crippen LogP contribution in [0.1, 0.15) is 32.6 Å². The molecule has 1 aliphatic rings. The van der Waals surface area contributed by atoms with Crippen LogP contribution in [-0.2, 0) is 7.05 Å². The average Bonchev–Trinajstić information content (AvgIpc) is 3.09. The number of imidazole rings is 1. The highest BCUT2D eigenvalue weighted by atomic mass is 16.5. The van der Waals surface area contributed by atoms with Gasteiger partial charge in [-0.05, 0) is 62.2 Å². The van der Waals surface area contributed by atoms with Crippen molar-refractivity contribution >= 4 is 11.0 Å². The summed E-state index contributed by atoms with van der Waals surface area (Å²) < 4.78 is 13.7. The van der Waals surface area contributed by atoms with Gasteiger partial charge in [-0.15, -0.1) is 0 Å². The van der Waals surface area contributed by atoms with Crippen LogP contribution in [0.15, 0.2) is 42.5 Å². The molecular weight excluding hydrogens is 362 g/mol. The Hall–Kier alpha value is -2.53. The van der Waals surface area contributed by atoms with Crippen LogP contribution in [0, 0.1) is 0 Å². The number of unbranched alkanes of at least 4 members (excludes halogenated alkanes) is 1. The number of rotatable bonds is 7. The van der Waals surface area contributed by atoms with Gasteiger partial charge in [0.1, 0.15) is 23.4 Å². The fourth-order valence-corrected chi connectivity index (χ4v) is 4.07. The second-order valence-corrected chi connectivity index (χ2v) is 7.89. The number of nitrogens with zero attached hydrogens (tertiary/aromatic N) is 3. The van der Waals surface area contributed by atoms with E-state index in [1.54, 1.807) is 7.11 Å². The number of piperidine rings is 1. The standard InChI is InChI=1S/C24H31N3O2/c1-4-5-14-27-15-12-20(13-16-27)29-19-8-6-18(7-9-19)24-25-22-17-21(28-3)10-11-23(22)26(24)2/h6-11,17,20H,4-5,12-16H2,1-3H3. The summed E-state index contributed by atoms with van der Waals surface area (Å²) in [5.74, 6) is 2.72. The van der Waals surface area contributed by atoms with Gasteiger partial charge in [0.2, 0.25) is 0 Å². The molecule has 1 saturated heterocycles. The van der Waals surface area contributed by atoms with E-state index < -0.39 is 0 Å². The van der Waals surface area contributed by atoms with Crippen molar-refractivity contribution in [1.29, 1.82) is 0 Å². The summed E-state index contributed by atoms with van der Waals surface area (Å²) in [6.07, 6.45) is 5.10. The zero-order valence-corrected chi connectivity index (χ0v) is 17.7. The molecule has 0 amide bonds. The van der Waals surface area contributed by atoms with Crippen molar-refractivity contribution in [2.75, 3.05) is 26.7 Å². The smallest absolute Gasteiger partial charge is 0.140 e. The molecule has 0 atom stereocenters. The lowest BCUT2D eigenvalue weighted by atomic mass is 10.1. The Morgan fingerprint density at radius 2 is 1.76 bits per heavy atom. The number of likely N-dealkylation sites (tertiary alicyclic amines) is 1. The molecule has 3 aromatic rings. The van der Waals surface area contributed by atoms with Gasteiger partial charge in [0.15, 0.2) is 0 Å². The number of hydrogen-bond donors (Lipinski definition) is 0. The molecule has 0 spiro atoms. The topological polar surface area (TPSA) is 39.5 Å².